The molecule has 1 rings (SSSR count). The lowest BCUT2D eigenvalue weighted by atomic mass is 10.2. The number of esters is 1. The predicted molar refractivity (Wildman–Crippen MR) is 115 cm³/mol. The van der Waals surface area contributed by atoms with E-state index in [9.17, 15) is 14.4 Å². The number of methoxy groups -OCH3 is 1. The molecule has 0 spiro atoms. The highest BCUT2D eigenvalue weighted by molar-refractivity contribution is 9.10. The van der Waals surface area contributed by atoms with Gasteiger partial charge in [-0.1, -0.05) is 18.7 Å². The second-order valence-corrected chi connectivity index (χ2v) is 8.52. The molecule has 0 aliphatic rings. The van der Waals surface area contributed by atoms with E-state index in [1.165, 1.54) is 25.1 Å². The zero-order valence-corrected chi connectivity index (χ0v) is 19.3. The summed E-state index contributed by atoms with van der Waals surface area (Å²) in [7, 11) is 1.29. The van der Waals surface area contributed by atoms with E-state index in [1.807, 2.05) is 6.26 Å². The molecular formula is C17H25BrN4O4S2. The number of hydrogen-bond donors (Lipinski definition) is 2. The molecule has 0 bridgehead atoms. The first kappa shape index (κ1) is 24.7. The van der Waals surface area contributed by atoms with Crippen molar-refractivity contribution in [2.24, 2.45) is 0 Å². The maximum absolute atomic E-state index is 12.7. The second-order valence-electron chi connectivity index (χ2n) is 5.62. The number of carbonyl (C=O) groups excluding carboxylic acids is 3. The minimum atomic E-state index is -0.730. The van der Waals surface area contributed by atoms with E-state index in [2.05, 4.69) is 48.2 Å². The molecule has 1 aromatic rings. The molecule has 0 aliphatic carbocycles. The van der Waals surface area contributed by atoms with Crippen molar-refractivity contribution in [1.29, 1.82) is 0 Å². The maximum atomic E-state index is 12.7. The summed E-state index contributed by atoms with van der Waals surface area (Å²) >= 11 is 6.33. The van der Waals surface area contributed by atoms with E-state index in [4.69, 9.17) is 0 Å². The first-order chi connectivity index (χ1) is 13.4. The summed E-state index contributed by atoms with van der Waals surface area (Å²) in [5.41, 5.74) is 0.185. The molecule has 0 radical (unpaired) electrons. The highest BCUT2D eigenvalue weighted by Gasteiger charge is 2.23. The Hall–Kier alpha value is -1.33. The lowest BCUT2D eigenvalue weighted by Gasteiger charge is -2.18. The van der Waals surface area contributed by atoms with E-state index < -0.39 is 17.9 Å². The minimum Gasteiger partial charge on any atom is -0.469 e. The lowest BCUT2D eigenvalue weighted by Crippen LogP contribution is -2.47. The summed E-state index contributed by atoms with van der Waals surface area (Å²) < 4.78 is 5.01. The summed E-state index contributed by atoms with van der Waals surface area (Å²) in [6.07, 6.45) is 4.95. The van der Waals surface area contributed by atoms with E-state index in [-0.39, 0.29) is 24.6 Å². The van der Waals surface area contributed by atoms with Crippen LogP contribution in [0.25, 0.3) is 0 Å². The van der Waals surface area contributed by atoms with Crippen LogP contribution >= 0.6 is 39.5 Å². The van der Waals surface area contributed by atoms with Gasteiger partial charge in [0.05, 0.1) is 18.0 Å². The molecule has 2 N–H and O–H groups in total. The van der Waals surface area contributed by atoms with Crippen molar-refractivity contribution in [2.45, 2.75) is 37.4 Å². The van der Waals surface area contributed by atoms with E-state index in [0.717, 1.165) is 12.2 Å². The SMILES string of the molecule is CCCSc1ncc(Br)c(C(=O)N[C@H](CCSC)C(=O)NCCC(=O)OC)n1. The number of nitrogens with zero attached hydrogens (tertiary/aromatic N) is 2. The third kappa shape index (κ3) is 8.78. The topological polar surface area (TPSA) is 110 Å². The first-order valence-electron chi connectivity index (χ1n) is 8.72. The molecule has 11 heteroatoms. The number of aromatic nitrogens is 2. The van der Waals surface area contributed by atoms with Crippen LogP contribution in [-0.4, -0.2) is 65.2 Å². The van der Waals surface area contributed by atoms with Crippen LogP contribution in [0.4, 0.5) is 0 Å². The highest BCUT2D eigenvalue weighted by Crippen LogP contribution is 2.19. The average molecular weight is 493 g/mol. The van der Waals surface area contributed by atoms with Crippen molar-refractivity contribution in [3.8, 4) is 0 Å². The molecule has 1 atom stereocenters. The van der Waals surface area contributed by atoms with Crippen molar-refractivity contribution in [2.75, 3.05) is 31.4 Å². The van der Waals surface area contributed by atoms with Gasteiger partial charge in [0.25, 0.3) is 5.91 Å². The zero-order chi connectivity index (χ0) is 20.9. The molecule has 0 aliphatic heterocycles. The Morgan fingerprint density at radius 2 is 2.07 bits per heavy atom. The number of ether oxygens (including phenoxy) is 1. The number of thioether (sulfide) groups is 2. The zero-order valence-electron chi connectivity index (χ0n) is 16.1. The summed E-state index contributed by atoms with van der Waals surface area (Å²) in [4.78, 5) is 44.8. The molecule has 1 aromatic heterocycles. The third-order valence-electron chi connectivity index (χ3n) is 3.46. The van der Waals surface area contributed by atoms with Gasteiger partial charge in [-0.05, 0) is 40.8 Å². The van der Waals surface area contributed by atoms with Crippen molar-refractivity contribution in [1.82, 2.24) is 20.6 Å². The monoisotopic (exact) mass is 492 g/mol. The van der Waals surface area contributed by atoms with Crippen LogP contribution in [0.15, 0.2) is 15.8 Å². The molecule has 0 aromatic carbocycles. The molecule has 28 heavy (non-hydrogen) atoms. The molecule has 1 heterocycles. The van der Waals surface area contributed by atoms with Crippen LogP contribution in [0.5, 0.6) is 0 Å². The number of carbonyl (C=O) groups is 3. The Kier molecular flexibility index (Phi) is 12.2. The van der Waals surface area contributed by atoms with E-state index in [0.29, 0.717) is 21.8 Å². The standard InChI is InChI=1S/C17H25BrN4O4S2/c1-4-8-28-17-20-10-11(18)14(22-17)16(25)21-12(6-9-27-3)15(24)19-7-5-13(23)26-2/h10,12H,4-9H2,1-3H3,(H,19,24)(H,21,25)/t12-/m1/s1. The largest absolute Gasteiger partial charge is 0.469 e. The van der Waals surface area contributed by atoms with Crippen LogP contribution in [0.3, 0.4) is 0 Å². The molecule has 8 nitrogen and oxygen atoms in total. The molecule has 156 valence electrons. The van der Waals surface area contributed by atoms with Crippen LogP contribution in [0.1, 0.15) is 36.7 Å². The second kappa shape index (κ2) is 13.8. The Morgan fingerprint density at radius 3 is 2.71 bits per heavy atom. The fraction of sp³-hybridized carbons (Fsp3) is 0.588. The predicted octanol–water partition coefficient (Wildman–Crippen LogP) is 2.27. The molecule has 2 amide bonds. The Labute approximate surface area is 181 Å². The van der Waals surface area contributed by atoms with Gasteiger partial charge in [-0.25, -0.2) is 9.97 Å². The molecule has 0 fully saturated rings. The van der Waals surface area contributed by atoms with Gasteiger partial charge >= 0.3 is 5.97 Å². The lowest BCUT2D eigenvalue weighted by molar-refractivity contribution is -0.140. The van der Waals surface area contributed by atoms with Gasteiger partial charge in [-0.2, -0.15) is 11.8 Å². The molecule has 0 saturated carbocycles. The van der Waals surface area contributed by atoms with Crippen LogP contribution in [-0.2, 0) is 14.3 Å². The Balaban J connectivity index is 2.80. The van der Waals surface area contributed by atoms with Gasteiger partial charge in [0.2, 0.25) is 5.91 Å². The Bertz CT molecular complexity index is 679. The third-order valence-corrected chi connectivity index (χ3v) is 5.75. The number of nitrogens with one attached hydrogen (secondary N) is 2. The molecule has 0 unspecified atom stereocenters. The highest BCUT2D eigenvalue weighted by atomic mass is 79.9. The van der Waals surface area contributed by atoms with Gasteiger partial charge < -0.3 is 15.4 Å². The van der Waals surface area contributed by atoms with Gasteiger partial charge in [-0.3, -0.25) is 14.4 Å². The summed E-state index contributed by atoms with van der Waals surface area (Å²) in [6.45, 7) is 2.20. The summed E-state index contributed by atoms with van der Waals surface area (Å²) in [5, 5.41) is 5.90. The smallest absolute Gasteiger partial charge is 0.307 e. The van der Waals surface area contributed by atoms with Crippen LogP contribution < -0.4 is 10.6 Å². The van der Waals surface area contributed by atoms with Gasteiger partial charge in [0.15, 0.2) is 5.16 Å². The fourth-order valence-corrected chi connectivity index (χ4v) is 3.53. The van der Waals surface area contributed by atoms with Crippen molar-refractivity contribution in [3.05, 3.63) is 16.4 Å². The normalized spacial score (nSPS) is 11.6. The summed E-state index contributed by atoms with van der Waals surface area (Å²) in [6, 6.07) is -0.730. The first-order valence-corrected chi connectivity index (χ1v) is 11.9. The van der Waals surface area contributed by atoms with Gasteiger partial charge in [0.1, 0.15) is 11.7 Å². The number of halogens is 1. The van der Waals surface area contributed by atoms with Crippen molar-refractivity contribution < 1.29 is 19.1 Å². The number of rotatable bonds is 12. The van der Waals surface area contributed by atoms with E-state index in [1.54, 1.807) is 11.8 Å². The molecule has 0 saturated heterocycles. The van der Waals surface area contributed by atoms with Crippen LogP contribution in [0, 0.1) is 0 Å². The van der Waals surface area contributed by atoms with Crippen molar-refractivity contribution in [3.63, 3.8) is 0 Å². The quantitative estimate of drug-likeness (QED) is 0.259. The van der Waals surface area contributed by atoms with Crippen LogP contribution in [0.2, 0.25) is 0 Å². The maximum Gasteiger partial charge on any atom is 0.307 e. The van der Waals surface area contributed by atoms with Gasteiger partial charge in [0, 0.05) is 18.5 Å². The number of amides is 2. The number of hydrogen-bond acceptors (Lipinski definition) is 8. The summed E-state index contributed by atoms with van der Waals surface area (Å²) in [5.74, 6) is 0.324. The fourth-order valence-electron chi connectivity index (χ4n) is 2.02. The minimum absolute atomic E-state index is 0.0703. The van der Waals surface area contributed by atoms with E-state index >= 15 is 0 Å². The Morgan fingerprint density at radius 1 is 1.32 bits per heavy atom. The molecular weight excluding hydrogens is 468 g/mol. The van der Waals surface area contributed by atoms with Crippen molar-refractivity contribution >= 4 is 57.2 Å². The van der Waals surface area contributed by atoms with Gasteiger partial charge in [-0.15, -0.1) is 0 Å². The average Bonchev–Trinajstić information content (AvgIpc) is 2.69.